The third-order valence-electron chi connectivity index (χ3n) is 5.75. The van der Waals surface area contributed by atoms with Crippen LogP contribution in [0, 0.1) is 5.82 Å². The van der Waals surface area contributed by atoms with Gasteiger partial charge in [-0.15, -0.1) is 11.3 Å². The van der Waals surface area contributed by atoms with Crippen LogP contribution < -0.4 is 4.74 Å². The smallest absolute Gasteiger partial charge is 0.303 e. The molecule has 1 aromatic heterocycles. The lowest BCUT2D eigenvalue weighted by Gasteiger charge is -2.35. The maximum atomic E-state index is 13.9. The number of aryl methyl sites for hydroxylation is 1. The fourth-order valence-electron chi connectivity index (χ4n) is 3.77. The number of aliphatic carboxylic acids is 1. The van der Waals surface area contributed by atoms with Crippen molar-refractivity contribution in [2.75, 3.05) is 0 Å². The molecule has 1 heterocycles. The zero-order valence-corrected chi connectivity index (χ0v) is 18.0. The van der Waals surface area contributed by atoms with Gasteiger partial charge in [0.15, 0.2) is 0 Å². The second kappa shape index (κ2) is 9.20. The molecule has 162 valence electrons. The summed E-state index contributed by atoms with van der Waals surface area (Å²) in [7, 11) is 0. The highest BCUT2D eigenvalue weighted by Gasteiger charge is 2.37. The van der Waals surface area contributed by atoms with Gasteiger partial charge in [-0.25, -0.2) is 4.39 Å². The third-order valence-corrected chi connectivity index (χ3v) is 7.06. The first-order valence-corrected chi connectivity index (χ1v) is 11.3. The van der Waals surface area contributed by atoms with Gasteiger partial charge >= 0.3 is 5.97 Å². The molecular weight excluding hydrogens is 415 g/mol. The van der Waals surface area contributed by atoms with Crippen LogP contribution >= 0.6 is 11.3 Å². The first-order valence-electron chi connectivity index (χ1n) is 10.5. The molecule has 0 radical (unpaired) electrons. The molecule has 0 atom stereocenters. The lowest BCUT2D eigenvalue weighted by Crippen LogP contribution is -2.32. The van der Waals surface area contributed by atoms with Gasteiger partial charge in [-0.05, 0) is 79.6 Å². The maximum absolute atomic E-state index is 13.9. The summed E-state index contributed by atoms with van der Waals surface area (Å²) in [6.07, 6.45) is 4.07. The van der Waals surface area contributed by atoms with Crippen molar-refractivity contribution in [3.63, 3.8) is 0 Å². The number of thiophene rings is 1. The average Bonchev–Trinajstić information content (AvgIpc) is 3.21. The molecule has 31 heavy (non-hydrogen) atoms. The van der Waals surface area contributed by atoms with Crippen LogP contribution in [0.3, 0.4) is 0 Å². The van der Waals surface area contributed by atoms with E-state index in [2.05, 4.69) is 0 Å². The van der Waals surface area contributed by atoms with Crippen molar-refractivity contribution >= 4 is 17.3 Å². The summed E-state index contributed by atoms with van der Waals surface area (Å²) in [4.78, 5) is 12.6. The van der Waals surface area contributed by atoms with Gasteiger partial charge in [-0.2, -0.15) is 0 Å². The normalized spacial score (nSPS) is 14.8. The first-order chi connectivity index (χ1) is 14.9. The van der Waals surface area contributed by atoms with Crippen LogP contribution in [0.25, 0.3) is 10.4 Å². The Balaban J connectivity index is 1.44. The number of benzene rings is 2. The van der Waals surface area contributed by atoms with Gasteiger partial charge in [0.2, 0.25) is 0 Å². The van der Waals surface area contributed by atoms with E-state index in [1.165, 1.54) is 12.1 Å². The van der Waals surface area contributed by atoms with E-state index in [1.54, 1.807) is 17.4 Å². The predicted octanol–water partition coefficient (Wildman–Crippen LogP) is 5.91. The molecule has 0 amide bonds. The molecule has 1 aliphatic rings. The highest BCUT2D eigenvalue weighted by Crippen LogP contribution is 2.45. The molecule has 0 saturated heterocycles. The number of aliphatic hydroxyl groups is 1. The summed E-state index contributed by atoms with van der Waals surface area (Å²) < 4.78 is 19.8. The number of carbonyl (C=O) groups is 1. The number of rotatable bonds is 9. The molecular formula is C25H25FO4S. The van der Waals surface area contributed by atoms with E-state index in [-0.39, 0.29) is 18.8 Å². The Labute approximate surface area is 184 Å². The van der Waals surface area contributed by atoms with Crippen LogP contribution in [-0.2, 0) is 23.4 Å². The van der Waals surface area contributed by atoms with Crippen molar-refractivity contribution in [2.45, 2.75) is 50.7 Å². The van der Waals surface area contributed by atoms with Crippen molar-refractivity contribution in [2.24, 2.45) is 0 Å². The van der Waals surface area contributed by atoms with Gasteiger partial charge in [0.05, 0.1) is 5.60 Å². The van der Waals surface area contributed by atoms with Crippen molar-refractivity contribution in [1.29, 1.82) is 0 Å². The average molecular weight is 441 g/mol. The summed E-state index contributed by atoms with van der Waals surface area (Å²) in [6, 6.07) is 16.2. The Morgan fingerprint density at radius 1 is 1.10 bits per heavy atom. The van der Waals surface area contributed by atoms with Gasteiger partial charge in [0.1, 0.15) is 18.2 Å². The molecule has 3 aromatic rings. The summed E-state index contributed by atoms with van der Waals surface area (Å²) in [5.74, 6) is -0.427. The number of hydrogen-bond acceptors (Lipinski definition) is 4. The number of halogens is 1. The van der Waals surface area contributed by atoms with Crippen LogP contribution in [0.15, 0.2) is 54.6 Å². The fraction of sp³-hybridized carbons (Fsp3) is 0.320. The number of carboxylic acids is 1. The van der Waals surface area contributed by atoms with Crippen LogP contribution in [0.4, 0.5) is 4.39 Å². The molecule has 2 aromatic carbocycles. The van der Waals surface area contributed by atoms with Crippen molar-refractivity contribution in [3.05, 3.63) is 76.4 Å². The van der Waals surface area contributed by atoms with E-state index in [1.807, 2.05) is 36.4 Å². The topological polar surface area (TPSA) is 66.8 Å². The van der Waals surface area contributed by atoms with Gasteiger partial charge in [-0.1, -0.05) is 18.2 Å². The lowest BCUT2D eigenvalue weighted by atomic mass is 9.79. The summed E-state index contributed by atoms with van der Waals surface area (Å²) in [6.45, 7) is 0.225. The van der Waals surface area contributed by atoms with E-state index < -0.39 is 11.6 Å². The van der Waals surface area contributed by atoms with Crippen LogP contribution in [0.1, 0.15) is 48.1 Å². The van der Waals surface area contributed by atoms with Gasteiger partial charge < -0.3 is 14.9 Å². The number of carboxylic acid groups (broad SMARTS) is 1. The quantitative estimate of drug-likeness (QED) is 0.434. The van der Waals surface area contributed by atoms with Crippen molar-refractivity contribution < 1.29 is 24.1 Å². The largest absolute Gasteiger partial charge is 0.489 e. The molecule has 0 bridgehead atoms. The highest BCUT2D eigenvalue weighted by atomic mass is 32.1. The second-order valence-corrected chi connectivity index (χ2v) is 9.11. The third kappa shape index (κ3) is 5.14. The number of hydrogen-bond donors (Lipinski definition) is 2. The summed E-state index contributed by atoms with van der Waals surface area (Å²) in [5.41, 5.74) is 2.01. The predicted molar refractivity (Wildman–Crippen MR) is 119 cm³/mol. The molecule has 6 heteroatoms. The highest BCUT2D eigenvalue weighted by molar-refractivity contribution is 7.15. The molecule has 0 aliphatic heterocycles. The molecule has 0 unspecified atom stereocenters. The summed E-state index contributed by atoms with van der Waals surface area (Å²) >= 11 is 1.55. The number of ether oxygens (including phenoxy) is 1. The molecule has 1 saturated carbocycles. The molecule has 1 fully saturated rings. The van der Waals surface area contributed by atoms with E-state index >= 15 is 0 Å². The standard InChI is InChI=1S/C25H25FO4S/c26-19-7-10-21(22-11-12-23(31-22)25(29)13-2-14-25)18(15-19)16-30-20-8-5-17(6-9-20)3-1-4-24(27)28/h5-12,15,29H,1-4,13-14,16H2,(H,27,28). The Morgan fingerprint density at radius 3 is 2.55 bits per heavy atom. The van der Waals surface area contributed by atoms with E-state index in [0.29, 0.717) is 18.6 Å². The SMILES string of the molecule is O=C(O)CCCc1ccc(OCc2cc(F)ccc2-c2ccc(C3(O)CCC3)s2)cc1. The molecule has 0 spiro atoms. The van der Waals surface area contributed by atoms with Gasteiger partial charge in [0, 0.05) is 21.7 Å². The fourth-order valence-corrected chi connectivity index (χ4v) is 4.98. The Bertz CT molecular complexity index is 1050. The minimum atomic E-state index is -0.787. The Morgan fingerprint density at radius 2 is 1.87 bits per heavy atom. The molecule has 4 nitrogen and oxygen atoms in total. The summed E-state index contributed by atoms with van der Waals surface area (Å²) in [5, 5.41) is 19.3. The van der Waals surface area contributed by atoms with Crippen LogP contribution in [0.2, 0.25) is 0 Å². The lowest BCUT2D eigenvalue weighted by molar-refractivity contribution is -0.137. The molecule has 4 rings (SSSR count). The zero-order valence-electron chi connectivity index (χ0n) is 17.1. The Hall–Kier alpha value is -2.70. The van der Waals surface area contributed by atoms with Gasteiger partial charge in [0.25, 0.3) is 0 Å². The van der Waals surface area contributed by atoms with Gasteiger partial charge in [-0.3, -0.25) is 4.79 Å². The maximum Gasteiger partial charge on any atom is 0.303 e. The van der Waals surface area contributed by atoms with Crippen LogP contribution in [0.5, 0.6) is 5.75 Å². The van der Waals surface area contributed by atoms with E-state index in [0.717, 1.165) is 45.7 Å². The first kappa shape index (κ1) is 21.5. The molecule has 1 aliphatic carbocycles. The van der Waals surface area contributed by atoms with Crippen LogP contribution in [-0.4, -0.2) is 16.2 Å². The van der Waals surface area contributed by atoms with Crippen molar-refractivity contribution in [3.8, 4) is 16.2 Å². The molecule has 2 N–H and O–H groups in total. The van der Waals surface area contributed by atoms with E-state index in [9.17, 15) is 14.3 Å². The minimum absolute atomic E-state index is 0.155. The Kier molecular flexibility index (Phi) is 6.39. The minimum Gasteiger partial charge on any atom is -0.489 e. The zero-order chi connectivity index (χ0) is 21.8. The van der Waals surface area contributed by atoms with Crippen molar-refractivity contribution in [1.82, 2.24) is 0 Å². The van der Waals surface area contributed by atoms with E-state index in [4.69, 9.17) is 9.84 Å². The second-order valence-electron chi connectivity index (χ2n) is 8.03. The monoisotopic (exact) mass is 440 g/mol.